The molecule has 4 nitrogen and oxygen atoms in total. The van der Waals surface area contributed by atoms with Gasteiger partial charge in [0.05, 0.1) is 17.5 Å². The van der Waals surface area contributed by atoms with Crippen molar-refractivity contribution in [3.63, 3.8) is 0 Å². The minimum absolute atomic E-state index is 0.0742. The summed E-state index contributed by atoms with van der Waals surface area (Å²) in [4.78, 5) is 23.4. The van der Waals surface area contributed by atoms with Gasteiger partial charge in [0.25, 0.3) is 5.91 Å². The van der Waals surface area contributed by atoms with Crippen LogP contribution in [0.15, 0.2) is 22.7 Å². The van der Waals surface area contributed by atoms with E-state index in [1.54, 1.807) is 6.07 Å². The number of carbonyl (C=O) groups excluding carboxylic acids is 1. The summed E-state index contributed by atoms with van der Waals surface area (Å²) in [5, 5.41) is 11.9. The van der Waals surface area contributed by atoms with Crippen molar-refractivity contribution in [2.24, 2.45) is 0 Å². The highest BCUT2D eigenvalue weighted by Gasteiger charge is 2.31. The first-order valence-electron chi connectivity index (χ1n) is 6.64. The maximum atomic E-state index is 12.4. The van der Waals surface area contributed by atoms with Gasteiger partial charge in [-0.15, -0.1) is 0 Å². The molecule has 1 amide bonds. The lowest BCUT2D eigenvalue weighted by atomic mass is 9.88. The van der Waals surface area contributed by atoms with Gasteiger partial charge in [0.15, 0.2) is 0 Å². The summed E-state index contributed by atoms with van der Waals surface area (Å²) in [5.74, 6) is -1.15. The van der Waals surface area contributed by atoms with Gasteiger partial charge in [-0.1, -0.05) is 19.9 Å². The molecule has 0 saturated heterocycles. The van der Waals surface area contributed by atoms with Crippen molar-refractivity contribution in [3.8, 4) is 0 Å². The lowest BCUT2D eigenvalue weighted by Gasteiger charge is -2.31. The predicted molar refractivity (Wildman–Crippen MR) is 81.9 cm³/mol. The molecule has 0 atom stereocenters. The Balaban J connectivity index is 2.99. The van der Waals surface area contributed by atoms with Gasteiger partial charge in [-0.3, -0.25) is 9.59 Å². The molecular formula is C15H20BrNO3. The monoisotopic (exact) mass is 341 g/mol. The number of hydrogen-bond donors (Lipinski definition) is 2. The smallest absolute Gasteiger partial charge is 0.305 e. The van der Waals surface area contributed by atoms with Crippen LogP contribution in [-0.2, 0) is 4.79 Å². The van der Waals surface area contributed by atoms with E-state index in [1.165, 1.54) is 0 Å². The molecule has 0 aromatic heterocycles. The second-order valence-corrected chi connectivity index (χ2v) is 5.85. The van der Waals surface area contributed by atoms with Crippen molar-refractivity contribution in [3.05, 3.63) is 33.8 Å². The van der Waals surface area contributed by atoms with Crippen LogP contribution in [-0.4, -0.2) is 22.5 Å². The molecule has 1 aromatic rings. The molecule has 1 aromatic carbocycles. The first kappa shape index (κ1) is 16.7. The maximum Gasteiger partial charge on any atom is 0.305 e. The molecule has 0 unspecified atom stereocenters. The number of hydrogen-bond acceptors (Lipinski definition) is 2. The van der Waals surface area contributed by atoms with Gasteiger partial charge >= 0.3 is 5.97 Å². The SMILES string of the molecule is CCC(CC)(CC(=O)O)NC(=O)c1ccc(C)cc1Br. The van der Waals surface area contributed by atoms with Crippen LogP contribution >= 0.6 is 15.9 Å². The van der Waals surface area contributed by atoms with Crippen molar-refractivity contribution in [2.45, 2.75) is 45.6 Å². The first-order chi connectivity index (χ1) is 9.33. The van der Waals surface area contributed by atoms with Crippen molar-refractivity contribution in [2.75, 3.05) is 0 Å². The molecule has 2 N–H and O–H groups in total. The van der Waals surface area contributed by atoms with Crippen molar-refractivity contribution in [1.82, 2.24) is 5.32 Å². The van der Waals surface area contributed by atoms with E-state index in [-0.39, 0.29) is 12.3 Å². The second-order valence-electron chi connectivity index (χ2n) is 5.00. The standard InChI is InChI=1S/C15H20BrNO3/c1-4-15(5-2,9-13(18)19)17-14(20)11-7-6-10(3)8-12(11)16/h6-8H,4-5,9H2,1-3H3,(H,17,20)(H,18,19). The Morgan fingerprint density at radius 2 is 1.90 bits per heavy atom. The summed E-state index contributed by atoms with van der Waals surface area (Å²) in [6, 6.07) is 5.47. The third-order valence-electron chi connectivity index (χ3n) is 3.59. The number of carbonyl (C=O) groups is 2. The number of carboxylic acid groups (broad SMARTS) is 1. The number of aliphatic carboxylic acids is 1. The molecule has 1 rings (SSSR count). The quantitative estimate of drug-likeness (QED) is 0.831. The minimum atomic E-state index is -0.906. The predicted octanol–water partition coefficient (Wildman–Crippen LogP) is 3.52. The Morgan fingerprint density at radius 3 is 2.35 bits per heavy atom. The summed E-state index contributed by atoms with van der Waals surface area (Å²) >= 11 is 3.37. The topological polar surface area (TPSA) is 66.4 Å². The first-order valence-corrected chi connectivity index (χ1v) is 7.43. The molecule has 0 spiro atoms. The molecule has 110 valence electrons. The number of rotatable bonds is 6. The molecule has 0 radical (unpaired) electrons. The molecule has 0 aliphatic heterocycles. The fraction of sp³-hybridized carbons (Fsp3) is 0.467. The zero-order chi connectivity index (χ0) is 15.3. The van der Waals surface area contributed by atoms with Gasteiger partial charge in [-0.2, -0.15) is 0 Å². The molecule has 0 heterocycles. The normalized spacial score (nSPS) is 11.2. The Labute approximate surface area is 127 Å². The summed E-state index contributed by atoms with van der Waals surface area (Å²) < 4.78 is 0.714. The van der Waals surface area contributed by atoms with Crippen LogP contribution in [0.25, 0.3) is 0 Å². The zero-order valence-electron chi connectivity index (χ0n) is 12.0. The fourth-order valence-electron chi connectivity index (χ4n) is 2.12. The van der Waals surface area contributed by atoms with Crippen LogP contribution < -0.4 is 5.32 Å². The van der Waals surface area contributed by atoms with Crippen LogP contribution in [0.4, 0.5) is 0 Å². The van der Waals surface area contributed by atoms with Gasteiger partial charge in [0.2, 0.25) is 0 Å². The number of benzene rings is 1. The third kappa shape index (κ3) is 4.07. The Kier molecular flexibility index (Phi) is 5.74. The summed E-state index contributed by atoms with van der Waals surface area (Å²) in [6.45, 7) is 5.72. The van der Waals surface area contributed by atoms with E-state index in [9.17, 15) is 9.59 Å². The van der Waals surface area contributed by atoms with Gasteiger partial charge in [0.1, 0.15) is 0 Å². The highest BCUT2D eigenvalue weighted by molar-refractivity contribution is 9.10. The fourth-order valence-corrected chi connectivity index (χ4v) is 2.80. The van der Waals surface area contributed by atoms with E-state index in [0.29, 0.717) is 22.9 Å². The average Bonchev–Trinajstić information content (AvgIpc) is 2.37. The summed E-state index contributed by atoms with van der Waals surface area (Å²) in [6.07, 6.45) is 1.07. The maximum absolute atomic E-state index is 12.4. The zero-order valence-corrected chi connectivity index (χ0v) is 13.6. The van der Waals surface area contributed by atoms with E-state index in [1.807, 2.05) is 32.9 Å². The van der Waals surface area contributed by atoms with E-state index >= 15 is 0 Å². The largest absolute Gasteiger partial charge is 0.481 e. The minimum Gasteiger partial charge on any atom is -0.481 e. The Hall–Kier alpha value is -1.36. The molecule has 0 aliphatic carbocycles. The molecule has 5 heteroatoms. The van der Waals surface area contributed by atoms with Crippen LogP contribution in [0.1, 0.15) is 49.0 Å². The van der Waals surface area contributed by atoms with Crippen LogP contribution in [0.5, 0.6) is 0 Å². The molecule has 20 heavy (non-hydrogen) atoms. The number of carboxylic acids is 1. The number of nitrogens with one attached hydrogen (secondary N) is 1. The van der Waals surface area contributed by atoms with Gasteiger partial charge < -0.3 is 10.4 Å². The number of halogens is 1. The number of aryl methyl sites for hydroxylation is 1. The highest BCUT2D eigenvalue weighted by Crippen LogP contribution is 2.23. The van der Waals surface area contributed by atoms with Gasteiger partial charge in [-0.25, -0.2) is 0 Å². The summed E-state index contributed by atoms with van der Waals surface area (Å²) in [5.41, 5.74) is 0.872. The van der Waals surface area contributed by atoms with E-state index in [2.05, 4.69) is 21.2 Å². The molecule has 0 fully saturated rings. The van der Waals surface area contributed by atoms with Gasteiger partial charge in [-0.05, 0) is 53.4 Å². The molecular weight excluding hydrogens is 322 g/mol. The van der Waals surface area contributed by atoms with E-state index in [0.717, 1.165) is 5.56 Å². The second kappa shape index (κ2) is 6.88. The molecule has 0 bridgehead atoms. The van der Waals surface area contributed by atoms with Crippen LogP contribution in [0, 0.1) is 6.92 Å². The lowest BCUT2D eigenvalue weighted by Crippen LogP contribution is -2.49. The lowest BCUT2D eigenvalue weighted by molar-refractivity contribution is -0.138. The third-order valence-corrected chi connectivity index (χ3v) is 4.25. The molecule has 0 saturated carbocycles. The van der Waals surface area contributed by atoms with Crippen LogP contribution in [0.2, 0.25) is 0 Å². The van der Waals surface area contributed by atoms with Crippen molar-refractivity contribution < 1.29 is 14.7 Å². The summed E-state index contributed by atoms with van der Waals surface area (Å²) in [7, 11) is 0. The van der Waals surface area contributed by atoms with E-state index in [4.69, 9.17) is 5.11 Å². The Bertz CT molecular complexity index is 510. The molecule has 0 aliphatic rings. The van der Waals surface area contributed by atoms with Crippen LogP contribution in [0.3, 0.4) is 0 Å². The highest BCUT2D eigenvalue weighted by atomic mass is 79.9. The number of amides is 1. The Morgan fingerprint density at radius 1 is 1.30 bits per heavy atom. The van der Waals surface area contributed by atoms with E-state index < -0.39 is 11.5 Å². The van der Waals surface area contributed by atoms with Crippen molar-refractivity contribution >= 4 is 27.8 Å². The van der Waals surface area contributed by atoms with Crippen molar-refractivity contribution in [1.29, 1.82) is 0 Å². The average molecular weight is 342 g/mol. The van der Waals surface area contributed by atoms with Gasteiger partial charge in [0, 0.05) is 4.47 Å².